The molecule has 0 aromatic carbocycles. The van der Waals surface area contributed by atoms with Gasteiger partial charge in [-0.15, -0.1) is 0 Å². The lowest BCUT2D eigenvalue weighted by Crippen LogP contribution is -2.16. The first kappa shape index (κ1) is 15.1. The monoisotopic (exact) mass is 285 g/mol. The second-order valence-electron chi connectivity index (χ2n) is 3.27. The molecule has 0 bridgehead atoms. The van der Waals surface area contributed by atoms with Gasteiger partial charge in [0, 0.05) is 0 Å². The fraction of sp³-hybridized carbons (Fsp3) is 0.400. The number of hydrogen-bond acceptors (Lipinski definition) is 4. The summed E-state index contributed by atoms with van der Waals surface area (Å²) >= 11 is 0. The van der Waals surface area contributed by atoms with Crippen LogP contribution in [-0.2, 0) is 10.9 Å². The number of nitrogens with zero attached hydrogens (tertiary/aromatic N) is 1. The molecule has 0 N–H and O–H groups in total. The van der Waals surface area contributed by atoms with Crippen LogP contribution in [-0.4, -0.2) is 25.2 Å². The number of carbonyl (C=O) groups is 1. The standard InChI is InChI=1S/C10H8F5NO3/c1-18-8-4(9(17)19-2)3-5(10(13,14)15)6(16-8)7(11)12/h3,7H,1-2H3. The molecule has 0 atom stereocenters. The molecule has 0 aliphatic heterocycles. The lowest BCUT2D eigenvalue weighted by atomic mass is 10.1. The highest BCUT2D eigenvalue weighted by molar-refractivity contribution is 5.92. The minimum atomic E-state index is -5.08. The molecule has 0 spiro atoms. The van der Waals surface area contributed by atoms with Gasteiger partial charge in [-0.1, -0.05) is 0 Å². The number of carbonyl (C=O) groups excluding carboxylic acids is 1. The highest BCUT2D eigenvalue weighted by Gasteiger charge is 2.39. The van der Waals surface area contributed by atoms with E-state index in [1.165, 1.54) is 0 Å². The molecule has 0 saturated carbocycles. The molecule has 1 heterocycles. The molecule has 1 aromatic heterocycles. The molecule has 0 amide bonds. The molecule has 4 nitrogen and oxygen atoms in total. The predicted octanol–water partition coefficient (Wildman–Crippen LogP) is 2.83. The van der Waals surface area contributed by atoms with Crippen molar-refractivity contribution in [3.8, 4) is 5.88 Å². The minimum Gasteiger partial charge on any atom is -0.480 e. The number of aromatic nitrogens is 1. The second-order valence-corrected chi connectivity index (χ2v) is 3.27. The molecule has 0 aliphatic rings. The Morgan fingerprint density at radius 1 is 1.32 bits per heavy atom. The first-order valence-electron chi connectivity index (χ1n) is 4.75. The first-order chi connectivity index (χ1) is 8.72. The third-order valence-corrected chi connectivity index (χ3v) is 2.13. The van der Waals surface area contributed by atoms with Crippen LogP contribution < -0.4 is 4.74 Å². The van der Waals surface area contributed by atoms with Crippen LogP contribution in [0.15, 0.2) is 6.07 Å². The third kappa shape index (κ3) is 3.09. The Morgan fingerprint density at radius 3 is 2.26 bits per heavy atom. The van der Waals surface area contributed by atoms with E-state index in [9.17, 15) is 26.7 Å². The number of ether oxygens (including phenoxy) is 2. The fourth-order valence-corrected chi connectivity index (χ4v) is 1.32. The highest BCUT2D eigenvalue weighted by Crippen LogP contribution is 2.37. The van der Waals surface area contributed by atoms with Crippen molar-refractivity contribution in [1.29, 1.82) is 0 Å². The van der Waals surface area contributed by atoms with Gasteiger partial charge in [0.05, 0.1) is 19.8 Å². The molecule has 9 heteroatoms. The van der Waals surface area contributed by atoms with Crippen LogP contribution in [0.2, 0.25) is 0 Å². The quantitative estimate of drug-likeness (QED) is 0.633. The lowest BCUT2D eigenvalue weighted by Gasteiger charge is -2.15. The molecule has 19 heavy (non-hydrogen) atoms. The molecular weight excluding hydrogens is 277 g/mol. The van der Waals surface area contributed by atoms with Gasteiger partial charge < -0.3 is 9.47 Å². The predicted molar refractivity (Wildman–Crippen MR) is 52.1 cm³/mol. The SMILES string of the molecule is COC(=O)c1cc(C(F)(F)F)c(C(F)F)nc1OC. The minimum absolute atomic E-state index is 0.235. The van der Waals surface area contributed by atoms with Gasteiger partial charge in [-0.25, -0.2) is 18.6 Å². The summed E-state index contributed by atoms with van der Waals surface area (Å²) in [5, 5.41) is 0. The second kappa shape index (κ2) is 5.37. The smallest absolute Gasteiger partial charge is 0.418 e. The van der Waals surface area contributed by atoms with Crippen molar-refractivity contribution in [2.75, 3.05) is 14.2 Å². The maximum atomic E-state index is 12.6. The van der Waals surface area contributed by atoms with Crippen molar-refractivity contribution in [2.45, 2.75) is 12.6 Å². The van der Waals surface area contributed by atoms with E-state index >= 15 is 0 Å². The van der Waals surface area contributed by atoms with Crippen LogP contribution in [0.1, 0.15) is 28.0 Å². The van der Waals surface area contributed by atoms with Gasteiger partial charge >= 0.3 is 12.1 Å². The molecule has 0 unspecified atom stereocenters. The van der Waals surface area contributed by atoms with Crippen molar-refractivity contribution in [1.82, 2.24) is 4.98 Å². The van der Waals surface area contributed by atoms with Gasteiger partial charge in [0.25, 0.3) is 6.43 Å². The Hall–Kier alpha value is -1.93. The first-order valence-corrected chi connectivity index (χ1v) is 4.75. The number of alkyl halides is 5. The largest absolute Gasteiger partial charge is 0.480 e. The number of halogens is 5. The zero-order valence-corrected chi connectivity index (χ0v) is 9.72. The number of hydrogen-bond donors (Lipinski definition) is 0. The van der Waals surface area contributed by atoms with E-state index in [1.54, 1.807) is 0 Å². The Balaban J connectivity index is 3.57. The maximum absolute atomic E-state index is 12.6. The van der Waals surface area contributed by atoms with Crippen LogP contribution in [0.3, 0.4) is 0 Å². The van der Waals surface area contributed by atoms with E-state index in [0.29, 0.717) is 0 Å². The van der Waals surface area contributed by atoms with E-state index in [-0.39, 0.29) is 6.07 Å². The summed E-state index contributed by atoms with van der Waals surface area (Å²) in [6.07, 6.45) is -8.54. The van der Waals surface area contributed by atoms with Gasteiger partial charge in [-0.2, -0.15) is 13.2 Å². The molecule has 106 valence electrons. The highest BCUT2D eigenvalue weighted by atomic mass is 19.4. The molecule has 1 aromatic rings. The zero-order chi connectivity index (χ0) is 14.8. The Kier molecular flexibility index (Phi) is 4.28. The Labute approximate surface area is 104 Å². The summed E-state index contributed by atoms with van der Waals surface area (Å²) in [5.74, 6) is -1.83. The van der Waals surface area contributed by atoms with Gasteiger partial charge in [0.1, 0.15) is 11.3 Å². The lowest BCUT2D eigenvalue weighted by molar-refractivity contribution is -0.140. The fourth-order valence-electron chi connectivity index (χ4n) is 1.32. The van der Waals surface area contributed by atoms with Gasteiger partial charge in [-0.3, -0.25) is 0 Å². The Morgan fingerprint density at radius 2 is 1.89 bits per heavy atom. The normalized spacial score (nSPS) is 11.6. The Bertz CT molecular complexity index is 487. The van der Waals surface area contributed by atoms with E-state index < -0.39 is 41.3 Å². The summed E-state index contributed by atoms with van der Waals surface area (Å²) in [6.45, 7) is 0. The van der Waals surface area contributed by atoms with Gasteiger partial charge in [0.2, 0.25) is 5.88 Å². The van der Waals surface area contributed by atoms with E-state index in [2.05, 4.69) is 14.5 Å². The van der Waals surface area contributed by atoms with E-state index in [4.69, 9.17) is 0 Å². The van der Waals surface area contributed by atoms with E-state index in [1.807, 2.05) is 0 Å². The average molecular weight is 285 g/mol. The molecule has 0 aliphatic carbocycles. The van der Waals surface area contributed by atoms with Crippen LogP contribution in [0.25, 0.3) is 0 Å². The third-order valence-electron chi connectivity index (χ3n) is 2.13. The molecule has 0 saturated heterocycles. The molecule has 0 fully saturated rings. The summed E-state index contributed by atoms with van der Waals surface area (Å²) in [7, 11) is 1.91. The van der Waals surface area contributed by atoms with E-state index in [0.717, 1.165) is 14.2 Å². The summed E-state index contributed by atoms with van der Waals surface area (Å²) in [6, 6.07) is 0.235. The number of pyridine rings is 1. The summed E-state index contributed by atoms with van der Waals surface area (Å²) in [4.78, 5) is 14.3. The number of rotatable bonds is 3. The topological polar surface area (TPSA) is 48.4 Å². The van der Waals surface area contributed by atoms with Crippen molar-refractivity contribution in [2.24, 2.45) is 0 Å². The van der Waals surface area contributed by atoms with Crippen LogP contribution in [0.4, 0.5) is 22.0 Å². The summed E-state index contributed by atoms with van der Waals surface area (Å²) in [5.41, 5.74) is -3.89. The van der Waals surface area contributed by atoms with Crippen molar-refractivity contribution >= 4 is 5.97 Å². The van der Waals surface area contributed by atoms with Crippen LogP contribution in [0, 0.1) is 0 Å². The summed E-state index contributed by atoms with van der Waals surface area (Å²) < 4.78 is 71.7. The molecule has 1 rings (SSSR count). The van der Waals surface area contributed by atoms with Crippen LogP contribution in [0.5, 0.6) is 5.88 Å². The molecular formula is C10H8F5NO3. The van der Waals surface area contributed by atoms with Crippen LogP contribution >= 0.6 is 0 Å². The van der Waals surface area contributed by atoms with Gasteiger partial charge in [0.15, 0.2) is 0 Å². The maximum Gasteiger partial charge on any atom is 0.418 e. The number of esters is 1. The number of methoxy groups -OCH3 is 2. The van der Waals surface area contributed by atoms with Crippen molar-refractivity contribution < 1.29 is 36.2 Å². The van der Waals surface area contributed by atoms with Crippen molar-refractivity contribution in [3.05, 3.63) is 22.9 Å². The zero-order valence-electron chi connectivity index (χ0n) is 9.72. The molecule has 0 radical (unpaired) electrons. The van der Waals surface area contributed by atoms with Gasteiger partial charge in [-0.05, 0) is 6.07 Å². The van der Waals surface area contributed by atoms with Crippen molar-refractivity contribution in [3.63, 3.8) is 0 Å². The average Bonchev–Trinajstić information content (AvgIpc) is 2.34.